The number of ether oxygens (including phenoxy) is 1. The van der Waals surface area contributed by atoms with Gasteiger partial charge >= 0.3 is 5.51 Å². The maximum Gasteiger partial charge on any atom is 0.441 e. The van der Waals surface area contributed by atoms with E-state index in [4.69, 9.17) is 34.3 Å². The number of halogens is 4. The van der Waals surface area contributed by atoms with Gasteiger partial charge in [-0.25, -0.2) is 0 Å². The topological polar surface area (TPSA) is 35.2 Å². The molecule has 0 heterocycles. The second-order valence-corrected chi connectivity index (χ2v) is 5.16. The zero-order chi connectivity index (χ0) is 13.8. The Morgan fingerprint density at radius 2 is 2.11 bits per heavy atom. The molecule has 2 N–H and O–H groups in total. The van der Waals surface area contributed by atoms with Gasteiger partial charge in [0.15, 0.2) is 0 Å². The summed E-state index contributed by atoms with van der Waals surface area (Å²) >= 11 is 10.5. The van der Waals surface area contributed by atoms with Crippen LogP contribution in [0.5, 0.6) is 5.75 Å². The Kier molecular flexibility index (Phi) is 5.55. The van der Waals surface area contributed by atoms with E-state index in [1.165, 1.54) is 12.1 Å². The Labute approximate surface area is 117 Å². The average Bonchev–Trinajstić information content (AvgIpc) is 2.24. The third kappa shape index (κ3) is 5.32. The first-order chi connectivity index (χ1) is 8.29. The zero-order valence-corrected chi connectivity index (χ0v) is 11.3. The molecular formula is C10H9ClF3NOS2. The first-order valence-electron chi connectivity index (χ1n) is 4.72. The van der Waals surface area contributed by atoms with Gasteiger partial charge in [-0.15, -0.1) is 0 Å². The normalized spacial score (nSPS) is 11.3. The molecule has 0 fully saturated rings. The predicted molar refractivity (Wildman–Crippen MR) is 71.3 cm³/mol. The molecule has 8 heteroatoms. The van der Waals surface area contributed by atoms with Crippen LogP contribution in [0, 0.1) is 0 Å². The van der Waals surface area contributed by atoms with Gasteiger partial charge in [-0.2, -0.15) is 13.2 Å². The van der Waals surface area contributed by atoms with Crippen molar-refractivity contribution in [2.75, 3.05) is 12.4 Å². The van der Waals surface area contributed by atoms with Gasteiger partial charge in [0.2, 0.25) is 0 Å². The van der Waals surface area contributed by atoms with Crippen molar-refractivity contribution < 1.29 is 17.9 Å². The lowest BCUT2D eigenvalue weighted by Crippen LogP contribution is -2.10. The fourth-order valence-electron chi connectivity index (χ4n) is 1.08. The summed E-state index contributed by atoms with van der Waals surface area (Å²) in [4.78, 5) is 0.191. The highest BCUT2D eigenvalue weighted by molar-refractivity contribution is 8.00. The van der Waals surface area contributed by atoms with Crippen LogP contribution in [0.15, 0.2) is 18.2 Å². The average molecular weight is 316 g/mol. The predicted octanol–water partition coefficient (Wildman–Crippen LogP) is 3.61. The molecule has 0 amide bonds. The number of alkyl halides is 3. The van der Waals surface area contributed by atoms with Crippen molar-refractivity contribution in [1.29, 1.82) is 0 Å². The summed E-state index contributed by atoms with van der Waals surface area (Å²) in [6.07, 6.45) is 0. The molecule has 100 valence electrons. The standard InChI is InChI=1S/C10H9ClF3NOS2/c11-7-5-6(9(15)17)1-2-8(7)16-3-4-18-10(12,13)14/h1-2,5H,3-4H2,(H2,15,17). The van der Waals surface area contributed by atoms with Crippen LogP contribution in [-0.2, 0) is 0 Å². The minimum absolute atomic E-state index is 0.0870. The van der Waals surface area contributed by atoms with Crippen molar-refractivity contribution in [3.05, 3.63) is 28.8 Å². The van der Waals surface area contributed by atoms with Crippen molar-refractivity contribution in [1.82, 2.24) is 0 Å². The van der Waals surface area contributed by atoms with Crippen LogP contribution in [0.25, 0.3) is 0 Å². The highest BCUT2D eigenvalue weighted by Gasteiger charge is 2.27. The van der Waals surface area contributed by atoms with Crippen LogP contribution in [0.1, 0.15) is 5.56 Å². The smallest absolute Gasteiger partial charge is 0.441 e. The van der Waals surface area contributed by atoms with Gasteiger partial charge < -0.3 is 10.5 Å². The van der Waals surface area contributed by atoms with Gasteiger partial charge in [0.05, 0.1) is 11.6 Å². The maximum absolute atomic E-state index is 11.9. The van der Waals surface area contributed by atoms with Gasteiger partial charge in [0, 0.05) is 11.3 Å². The first-order valence-corrected chi connectivity index (χ1v) is 6.49. The van der Waals surface area contributed by atoms with Gasteiger partial charge in [-0.05, 0) is 30.0 Å². The number of hydrogen-bond donors (Lipinski definition) is 1. The number of thiocarbonyl (C=S) groups is 1. The molecule has 0 spiro atoms. The molecule has 0 aromatic heterocycles. The molecule has 0 saturated heterocycles. The summed E-state index contributed by atoms with van der Waals surface area (Å²) in [5.41, 5.74) is 1.73. The van der Waals surface area contributed by atoms with Crippen LogP contribution in [0.2, 0.25) is 5.02 Å². The highest BCUT2D eigenvalue weighted by Crippen LogP contribution is 2.30. The van der Waals surface area contributed by atoms with Crippen LogP contribution < -0.4 is 10.5 Å². The van der Waals surface area contributed by atoms with E-state index in [2.05, 4.69) is 0 Å². The second kappa shape index (κ2) is 6.49. The van der Waals surface area contributed by atoms with E-state index in [9.17, 15) is 13.2 Å². The van der Waals surface area contributed by atoms with E-state index in [1.54, 1.807) is 6.07 Å². The molecule has 0 radical (unpaired) electrons. The van der Waals surface area contributed by atoms with Gasteiger partial charge in [-0.1, -0.05) is 23.8 Å². The molecule has 1 aromatic carbocycles. The molecule has 0 saturated carbocycles. The number of rotatable bonds is 5. The molecule has 0 aliphatic carbocycles. The van der Waals surface area contributed by atoms with E-state index in [0.29, 0.717) is 11.3 Å². The van der Waals surface area contributed by atoms with Crippen molar-refractivity contribution in [2.24, 2.45) is 5.73 Å². The molecule has 0 bridgehead atoms. The van der Waals surface area contributed by atoms with Crippen LogP contribution >= 0.6 is 35.6 Å². The molecule has 0 unspecified atom stereocenters. The minimum Gasteiger partial charge on any atom is -0.491 e. The van der Waals surface area contributed by atoms with Crippen LogP contribution in [-0.4, -0.2) is 22.9 Å². The molecule has 0 aliphatic heterocycles. The van der Waals surface area contributed by atoms with Gasteiger partial charge in [0.25, 0.3) is 0 Å². The number of thioether (sulfide) groups is 1. The fraction of sp³-hybridized carbons (Fsp3) is 0.300. The Morgan fingerprint density at radius 3 is 2.61 bits per heavy atom. The number of nitrogens with two attached hydrogens (primary N) is 1. The molecular weight excluding hydrogens is 307 g/mol. The van der Waals surface area contributed by atoms with E-state index in [1.807, 2.05) is 0 Å². The van der Waals surface area contributed by atoms with E-state index in [0.717, 1.165) is 0 Å². The molecule has 0 atom stereocenters. The summed E-state index contributed by atoms with van der Waals surface area (Å²) in [5.74, 6) is 0.107. The van der Waals surface area contributed by atoms with Crippen LogP contribution in [0.3, 0.4) is 0 Å². The Morgan fingerprint density at radius 1 is 1.44 bits per heavy atom. The maximum atomic E-state index is 11.9. The van der Waals surface area contributed by atoms with Gasteiger partial charge in [0.1, 0.15) is 10.7 Å². The van der Waals surface area contributed by atoms with Crippen LogP contribution in [0.4, 0.5) is 13.2 Å². The molecule has 18 heavy (non-hydrogen) atoms. The van der Waals surface area contributed by atoms with Crippen molar-refractivity contribution in [3.63, 3.8) is 0 Å². The molecule has 1 rings (SSSR count). The Bertz CT molecular complexity index is 440. The summed E-state index contributed by atoms with van der Waals surface area (Å²) < 4.78 is 40.7. The Hall–Kier alpha value is -0.660. The summed E-state index contributed by atoms with van der Waals surface area (Å²) in [6.45, 7) is -0.0870. The summed E-state index contributed by atoms with van der Waals surface area (Å²) in [5, 5.41) is 0.261. The number of benzene rings is 1. The monoisotopic (exact) mass is 315 g/mol. The molecule has 2 nitrogen and oxygen atoms in total. The summed E-state index contributed by atoms with van der Waals surface area (Å²) in [6, 6.07) is 4.63. The second-order valence-electron chi connectivity index (χ2n) is 3.15. The summed E-state index contributed by atoms with van der Waals surface area (Å²) in [7, 11) is 0. The lowest BCUT2D eigenvalue weighted by molar-refractivity contribution is -0.0329. The van der Waals surface area contributed by atoms with Gasteiger partial charge in [-0.3, -0.25) is 0 Å². The third-order valence-corrected chi connectivity index (χ3v) is 3.05. The number of hydrogen-bond acceptors (Lipinski definition) is 3. The van der Waals surface area contributed by atoms with Crippen molar-refractivity contribution in [3.8, 4) is 5.75 Å². The van der Waals surface area contributed by atoms with E-state index < -0.39 is 5.51 Å². The zero-order valence-electron chi connectivity index (χ0n) is 8.96. The third-order valence-electron chi connectivity index (χ3n) is 1.82. The molecule has 1 aromatic rings. The lowest BCUT2D eigenvalue weighted by atomic mass is 10.2. The van der Waals surface area contributed by atoms with E-state index in [-0.39, 0.29) is 34.1 Å². The van der Waals surface area contributed by atoms with E-state index >= 15 is 0 Å². The largest absolute Gasteiger partial charge is 0.491 e. The fourth-order valence-corrected chi connectivity index (χ4v) is 1.84. The highest BCUT2D eigenvalue weighted by atomic mass is 35.5. The van der Waals surface area contributed by atoms with Crippen molar-refractivity contribution >= 4 is 40.6 Å². The first kappa shape index (κ1) is 15.4. The molecule has 0 aliphatic rings. The Balaban J connectivity index is 2.51. The quantitative estimate of drug-likeness (QED) is 0.665. The SMILES string of the molecule is NC(=S)c1ccc(OCCSC(F)(F)F)c(Cl)c1. The minimum atomic E-state index is -4.25. The van der Waals surface area contributed by atoms with Crippen molar-refractivity contribution in [2.45, 2.75) is 5.51 Å². The lowest BCUT2D eigenvalue weighted by Gasteiger charge is -2.10.